The van der Waals surface area contributed by atoms with E-state index >= 15 is 0 Å². The predicted molar refractivity (Wildman–Crippen MR) is 74.9 cm³/mol. The molecule has 1 aromatic carbocycles. The van der Waals surface area contributed by atoms with E-state index in [2.05, 4.69) is 9.97 Å². The molecule has 2 heterocycles. The van der Waals surface area contributed by atoms with Gasteiger partial charge in [-0.15, -0.1) is 0 Å². The number of rotatable bonds is 2. The molecule has 0 N–H and O–H groups in total. The van der Waals surface area contributed by atoms with Crippen LogP contribution in [0.2, 0.25) is 5.02 Å². The average molecular weight is 271 g/mol. The Morgan fingerprint density at radius 1 is 1.21 bits per heavy atom. The maximum Gasteiger partial charge on any atom is 0.228 e. The largest absolute Gasteiger partial charge is 0.444 e. The molecule has 0 spiro atoms. The minimum atomic E-state index is 0.570. The number of hydrogen-bond acceptors (Lipinski definition) is 3. The van der Waals surface area contributed by atoms with Crippen molar-refractivity contribution in [3.05, 3.63) is 59.6 Å². The molecule has 0 saturated heterocycles. The van der Waals surface area contributed by atoms with Crippen LogP contribution in [0.25, 0.3) is 22.7 Å². The number of hydrogen-bond donors (Lipinski definition) is 0. The first kappa shape index (κ1) is 11.9. The van der Waals surface area contributed by atoms with Gasteiger partial charge in [0.25, 0.3) is 0 Å². The highest BCUT2D eigenvalue weighted by molar-refractivity contribution is 6.30. The summed E-state index contributed by atoms with van der Waals surface area (Å²) in [4.78, 5) is 8.58. The first-order chi connectivity index (χ1) is 9.24. The van der Waals surface area contributed by atoms with Gasteiger partial charge in [-0.2, -0.15) is 0 Å². The van der Waals surface area contributed by atoms with Crippen molar-refractivity contribution in [2.75, 3.05) is 0 Å². The van der Waals surface area contributed by atoms with Gasteiger partial charge in [0.05, 0.1) is 5.56 Å². The Hall–Kier alpha value is -2.13. The number of nitrogens with zero attached hydrogens (tertiary/aromatic N) is 2. The van der Waals surface area contributed by atoms with E-state index in [4.69, 9.17) is 16.0 Å². The fourth-order valence-corrected chi connectivity index (χ4v) is 2.06. The van der Waals surface area contributed by atoms with Crippen molar-refractivity contribution < 1.29 is 4.42 Å². The molecule has 0 atom stereocenters. The molecule has 0 amide bonds. The second-order valence-corrected chi connectivity index (χ2v) is 4.68. The first-order valence-corrected chi connectivity index (χ1v) is 6.24. The summed E-state index contributed by atoms with van der Waals surface area (Å²) >= 11 is 5.98. The molecule has 0 radical (unpaired) electrons. The predicted octanol–water partition coefficient (Wildman–Crippen LogP) is 4.37. The average Bonchev–Trinajstić information content (AvgIpc) is 2.89. The third-order valence-corrected chi connectivity index (χ3v) is 3.13. The van der Waals surface area contributed by atoms with Gasteiger partial charge >= 0.3 is 0 Å². The Morgan fingerprint density at radius 2 is 2.11 bits per heavy atom. The van der Waals surface area contributed by atoms with Crippen LogP contribution in [0.15, 0.2) is 53.4 Å². The van der Waals surface area contributed by atoms with E-state index in [0.29, 0.717) is 10.9 Å². The third-order valence-electron chi connectivity index (χ3n) is 2.89. The summed E-state index contributed by atoms with van der Waals surface area (Å²) in [5, 5.41) is 0.680. The number of oxazole rings is 1. The minimum Gasteiger partial charge on any atom is -0.444 e. The topological polar surface area (TPSA) is 38.9 Å². The third kappa shape index (κ3) is 2.37. The van der Waals surface area contributed by atoms with E-state index in [1.54, 1.807) is 18.7 Å². The second kappa shape index (κ2) is 4.86. The smallest absolute Gasteiger partial charge is 0.228 e. The van der Waals surface area contributed by atoms with Gasteiger partial charge < -0.3 is 4.42 Å². The Morgan fingerprint density at radius 3 is 2.89 bits per heavy atom. The quantitative estimate of drug-likeness (QED) is 0.694. The molecular weight excluding hydrogens is 260 g/mol. The summed E-state index contributed by atoms with van der Waals surface area (Å²) in [5.74, 6) is 0.570. The van der Waals surface area contributed by atoms with Gasteiger partial charge in [-0.25, -0.2) is 4.98 Å². The van der Waals surface area contributed by atoms with E-state index in [0.717, 1.165) is 22.4 Å². The molecule has 3 rings (SSSR count). The lowest BCUT2D eigenvalue weighted by Gasteiger charge is -1.98. The van der Waals surface area contributed by atoms with Crippen LogP contribution in [0.5, 0.6) is 0 Å². The number of aromatic nitrogens is 2. The highest BCUT2D eigenvalue weighted by Gasteiger charge is 2.10. The van der Waals surface area contributed by atoms with Gasteiger partial charge in [0.1, 0.15) is 12.0 Å². The van der Waals surface area contributed by atoms with E-state index in [9.17, 15) is 0 Å². The Labute approximate surface area is 115 Å². The number of halogens is 1. The summed E-state index contributed by atoms with van der Waals surface area (Å²) in [6, 6.07) is 9.46. The maximum atomic E-state index is 5.98. The zero-order valence-corrected chi connectivity index (χ0v) is 11.1. The summed E-state index contributed by atoms with van der Waals surface area (Å²) in [6.45, 7) is 2.00. The van der Waals surface area contributed by atoms with Crippen LogP contribution in [0.3, 0.4) is 0 Å². The van der Waals surface area contributed by atoms with Gasteiger partial charge in [-0.3, -0.25) is 4.98 Å². The molecule has 19 heavy (non-hydrogen) atoms. The van der Waals surface area contributed by atoms with E-state index in [1.807, 2.05) is 37.3 Å². The molecule has 0 bridgehead atoms. The fourth-order valence-electron chi connectivity index (χ4n) is 1.87. The number of aryl methyl sites for hydroxylation is 1. The number of pyridine rings is 1. The molecule has 3 aromatic rings. The molecule has 3 nitrogen and oxygen atoms in total. The molecule has 0 aliphatic carbocycles. The van der Waals surface area contributed by atoms with Crippen LogP contribution in [0.4, 0.5) is 0 Å². The first-order valence-electron chi connectivity index (χ1n) is 5.86. The van der Waals surface area contributed by atoms with Crippen LogP contribution in [0.1, 0.15) is 5.56 Å². The van der Waals surface area contributed by atoms with Crippen LogP contribution in [-0.4, -0.2) is 9.97 Å². The number of benzene rings is 1. The Balaban J connectivity index is 2.03. The molecule has 0 aliphatic rings. The lowest BCUT2D eigenvalue weighted by Crippen LogP contribution is -1.85. The van der Waals surface area contributed by atoms with Crippen LogP contribution in [0, 0.1) is 6.92 Å². The van der Waals surface area contributed by atoms with Gasteiger partial charge in [0, 0.05) is 23.0 Å². The monoisotopic (exact) mass is 270 g/mol. The summed E-state index contributed by atoms with van der Waals surface area (Å²) < 4.78 is 5.53. The molecular formula is C15H11ClN2O. The van der Waals surface area contributed by atoms with Gasteiger partial charge in [0.2, 0.25) is 5.89 Å². The van der Waals surface area contributed by atoms with Gasteiger partial charge in [-0.05, 0) is 30.7 Å². The van der Waals surface area contributed by atoms with Crippen molar-refractivity contribution in [2.45, 2.75) is 6.92 Å². The molecule has 0 fully saturated rings. The lowest BCUT2D eigenvalue weighted by atomic mass is 10.1. The van der Waals surface area contributed by atoms with E-state index in [1.165, 1.54) is 0 Å². The zero-order valence-electron chi connectivity index (χ0n) is 10.3. The Bertz CT molecular complexity index is 721. The molecule has 4 heteroatoms. The maximum absolute atomic E-state index is 5.98. The van der Waals surface area contributed by atoms with E-state index < -0.39 is 0 Å². The highest BCUT2D eigenvalue weighted by Crippen LogP contribution is 2.27. The lowest BCUT2D eigenvalue weighted by molar-refractivity contribution is 0.574. The van der Waals surface area contributed by atoms with Crippen molar-refractivity contribution in [3.63, 3.8) is 0 Å². The zero-order chi connectivity index (χ0) is 13.2. The van der Waals surface area contributed by atoms with E-state index in [-0.39, 0.29) is 0 Å². The van der Waals surface area contributed by atoms with Crippen molar-refractivity contribution in [1.82, 2.24) is 9.97 Å². The second-order valence-electron chi connectivity index (χ2n) is 4.24. The van der Waals surface area contributed by atoms with Crippen molar-refractivity contribution in [3.8, 4) is 22.7 Å². The molecule has 0 unspecified atom stereocenters. The van der Waals surface area contributed by atoms with Crippen molar-refractivity contribution in [1.29, 1.82) is 0 Å². The summed E-state index contributed by atoms with van der Waals surface area (Å²) in [7, 11) is 0. The Kier molecular flexibility index (Phi) is 3.05. The fraction of sp³-hybridized carbons (Fsp3) is 0.0667. The highest BCUT2D eigenvalue weighted by atomic mass is 35.5. The van der Waals surface area contributed by atoms with Crippen LogP contribution < -0.4 is 0 Å². The molecule has 0 saturated carbocycles. The van der Waals surface area contributed by atoms with Crippen LogP contribution >= 0.6 is 11.6 Å². The van der Waals surface area contributed by atoms with Gasteiger partial charge in [0.15, 0.2) is 0 Å². The van der Waals surface area contributed by atoms with Gasteiger partial charge in [-0.1, -0.05) is 23.7 Å². The van der Waals surface area contributed by atoms with Crippen molar-refractivity contribution >= 4 is 11.6 Å². The molecule has 94 valence electrons. The van der Waals surface area contributed by atoms with Crippen LogP contribution in [-0.2, 0) is 0 Å². The summed E-state index contributed by atoms with van der Waals surface area (Å²) in [6.07, 6.45) is 5.13. The normalized spacial score (nSPS) is 10.6. The van der Waals surface area contributed by atoms with Crippen molar-refractivity contribution in [2.24, 2.45) is 0 Å². The standard InChI is InChI=1S/C15H11ClN2O/c1-10-5-6-17-8-13(10)15-18-14(9-19-15)11-3-2-4-12(16)7-11/h2-9H,1H3. The molecule has 2 aromatic heterocycles. The molecule has 0 aliphatic heterocycles. The summed E-state index contributed by atoms with van der Waals surface area (Å²) in [5.41, 5.74) is 3.68. The minimum absolute atomic E-state index is 0.570. The SMILES string of the molecule is Cc1ccncc1-c1nc(-c2cccc(Cl)c2)co1.